The molecule has 4 aliphatic rings. The number of aliphatic hydroxyl groups is 1. The SMILES string of the molecule is COC(=O)C(CO)NCCO/C(=C1/C2CC3C(C2)C13)c1ccccc1. The molecule has 4 bridgehead atoms. The first kappa shape index (κ1) is 16.6. The fourth-order valence-electron chi connectivity index (χ4n) is 4.84. The molecule has 1 aromatic rings. The minimum Gasteiger partial charge on any atom is -0.492 e. The number of ether oxygens (including phenoxy) is 2. The lowest BCUT2D eigenvalue weighted by molar-refractivity contribution is -0.144. The van der Waals surface area contributed by atoms with E-state index in [0.717, 1.165) is 29.1 Å². The molecular formula is C20H25NO4. The highest BCUT2D eigenvalue weighted by Gasteiger charge is 2.66. The van der Waals surface area contributed by atoms with E-state index in [-0.39, 0.29) is 6.61 Å². The molecular weight excluding hydrogens is 318 g/mol. The molecule has 0 aromatic heterocycles. The third-order valence-electron chi connectivity index (χ3n) is 5.95. The van der Waals surface area contributed by atoms with Crippen molar-refractivity contribution < 1.29 is 19.4 Å². The van der Waals surface area contributed by atoms with E-state index in [1.807, 2.05) is 18.2 Å². The van der Waals surface area contributed by atoms with Gasteiger partial charge in [0.05, 0.1) is 13.7 Å². The number of carbonyl (C=O) groups is 1. The number of esters is 1. The quantitative estimate of drug-likeness (QED) is 0.428. The molecule has 0 radical (unpaired) electrons. The van der Waals surface area contributed by atoms with Crippen molar-refractivity contribution in [2.45, 2.75) is 18.9 Å². The van der Waals surface area contributed by atoms with E-state index in [1.54, 1.807) is 0 Å². The van der Waals surface area contributed by atoms with E-state index in [2.05, 4.69) is 22.2 Å². The number of hydrogen-bond donors (Lipinski definition) is 2. The molecule has 4 fully saturated rings. The zero-order valence-corrected chi connectivity index (χ0v) is 14.5. The number of hydrogen-bond acceptors (Lipinski definition) is 5. The van der Waals surface area contributed by atoms with Crippen molar-refractivity contribution in [3.63, 3.8) is 0 Å². The summed E-state index contributed by atoms with van der Waals surface area (Å²) in [5, 5.41) is 12.2. The second kappa shape index (κ2) is 6.81. The molecule has 5 rings (SSSR count). The first-order valence-corrected chi connectivity index (χ1v) is 9.09. The van der Waals surface area contributed by atoms with Crippen LogP contribution in [0.5, 0.6) is 0 Å². The van der Waals surface area contributed by atoms with E-state index in [4.69, 9.17) is 4.74 Å². The lowest BCUT2D eigenvalue weighted by Gasteiger charge is -2.18. The van der Waals surface area contributed by atoms with Crippen molar-refractivity contribution in [3.05, 3.63) is 41.5 Å². The third-order valence-corrected chi connectivity index (χ3v) is 5.95. The molecule has 4 aliphatic carbocycles. The zero-order chi connectivity index (χ0) is 17.4. The first-order valence-electron chi connectivity index (χ1n) is 9.09. The highest BCUT2D eigenvalue weighted by atomic mass is 16.5. The Bertz CT molecular complexity index is 656. The average Bonchev–Trinajstić information content (AvgIpc) is 3.02. The van der Waals surface area contributed by atoms with E-state index < -0.39 is 12.0 Å². The lowest BCUT2D eigenvalue weighted by atomic mass is 10.0. The monoisotopic (exact) mass is 343 g/mol. The molecule has 5 heteroatoms. The van der Waals surface area contributed by atoms with Crippen molar-refractivity contribution in [1.29, 1.82) is 0 Å². The molecule has 134 valence electrons. The van der Waals surface area contributed by atoms with Crippen LogP contribution in [0.4, 0.5) is 0 Å². The van der Waals surface area contributed by atoms with E-state index in [0.29, 0.717) is 19.1 Å². The van der Waals surface area contributed by atoms with Crippen molar-refractivity contribution in [2.24, 2.45) is 23.7 Å². The Balaban J connectivity index is 1.43. The second-order valence-electron chi connectivity index (χ2n) is 7.23. The standard InChI is InChI=1S/C20H25NO4/c1-24-20(23)16(11-22)21-7-8-25-19(12-5-3-2-4-6-12)17-13-9-14-15(10-13)18(14)17/h2-6,13-16,18,21-22H,7-11H2,1H3/b19-17-. The van der Waals surface area contributed by atoms with Gasteiger partial charge in [-0.3, -0.25) is 10.1 Å². The fraction of sp³-hybridized carbons (Fsp3) is 0.550. The molecule has 2 N–H and O–H groups in total. The van der Waals surface area contributed by atoms with E-state index in [9.17, 15) is 9.90 Å². The van der Waals surface area contributed by atoms with Crippen LogP contribution in [-0.2, 0) is 14.3 Å². The molecule has 0 amide bonds. The Labute approximate surface area is 148 Å². The summed E-state index contributed by atoms with van der Waals surface area (Å²) in [6.07, 6.45) is 2.66. The maximum Gasteiger partial charge on any atom is 0.325 e. The van der Waals surface area contributed by atoms with Crippen molar-refractivity contribution in [1.82, 2.24) is 5.32 Å². The lowest BCUT2D eigenvalue weighted by Crippen LogP contribution is -2.42. The van der Waals surface area contributed by atoms with Crippen LogP contribution in [0, 0.1) is 23.7 Å². The minimum atomic E-state index is -0.700. The Morgan fingerprint density at radius 2 is 2.00 bits per heavy atom. The Kier molecular flexibility index (Phi) is 4.52. The molecule has 5 nitrogen and oxygen atoms in total. The van der Waals surface area contributed by atoms with E-state index >= 15 is 0 Å². The predicted octanol–water partition coefficient (Wildman–Crippen LogP) is 1.82. The van der Waals surface area contributed by atoms with Crippen molar-refractivity contribution in [3.8, 4) is 0 Å². The Morgan fingerprint density at radius 1 is 1.28 bits per heavy atom. The van der Waals surface area contributed by atoms with Gasteiger partial charge in [-0.05, 0) is 42.1 Å². The maximum atomic E-state index is 11.5. The Morgan fingerprint density at radius 3 is 2.56 bits per heavy atom. The molecule has 4 saturated carbocycles. The largest absolute Gasteiger partial charge is 0.492 e. The fourth-order valence-corrected chi connectivity index (χ4v) is 4.84. The van der Waals surface area contributed by atoms with Gasteiger partial charge in [0.15, 0.2) is 0 Å². The molecule has 0 spiro atoms. The number of aliphatic hydroxyl groups excluding tert-OH is 1. The number of benzene rings is 1. The number of allylic oxidation sites excluding steroid dienone is 1. The summed E-state index contributed by atoms with van der Waals surface area (Å²) in [7, 11) is 1.32. The van der Waals surface area contributed by atoms with Crippen LogP contribution < -0.4 is 5.32 Å². The highest BCUT2D eigenvalue weighted by molar-refractivity contribution is 5.75. The molecule has 0 heterocycles. The normalized spacial score (nSPS) is 31.6. The van der Waals surface area contributed by atoms with Gasteiger partial charge in [0.25, 0.3) is 0 Å². The van der Waals surface area contributed by atoms with Gasteiger partial charge in [-0.25, -0.2) is 0 Å². The number of carbonyl (C=O) groups excluding carboxylic acids is 1. The summed E-state index contributed by atoms with van der Waals surface area (Å²) in [4.78, 5) is 11.5. The summed E-state index contributed by atoms with van der Waals surface area (Å²) >= 11 is 0. The average molecular weight is 343 g/mol. The zero-order valence-electron chi connectivity index (χ0n) is 14.5. The number of methoxy groups -OCH3 is 1. The van der Waals surface area contributed by atoms with Crippen LogP contribution in [0.1, 0.15) is 18.4 Å². The van der Waals surface area contributed by atoms with Gasteiger partial charge in [0.2, 0.25) is 0 Å². The smallest absolute Gasteiger partial charge is 0.325 e. The minimum absolute atomic E-state index is 0.285. The molecule has 0 saturated heterocycles. The molecule has 1 aromatic carbocycles. The van der Waals surface area contributed by atoms with Gasteiger partial charge in [-0.15, -0.1) is 0 Å². The summed E-state index contributed by atoms with van der Waals surface area (Å²) in [6, 6.07) is 9.61. The predicted molar refractivity (Wildman–Crippen MR) is 93.4 cm³/mol. The van der Waals surface area contributed by atoms with Gasteiger partial charge in [0.1, 0.15) is 18.4 Å². The van der Waals surface area contributed by atoms with Crippen LogP contribution >= 0.6 is 0 Å². The summed E-state index contributed by atoms with van der Waals surface area (Å²) in [6.45, 7) is 0.648. The summed E-state index contributed by atoms with van der Waals surface area (Å²) in [5.41, 5.74) is 2.66. The van der Waals surface area contributed by atoms with Gasteiger partial charge in [-0.2, -0.15) is 0 Å². The highest BCUT2D eigenvalue weighted by Crippen LogP contribution is 2.74. The maximum absolute atomic E-state index is 11.5. The van der Waals surface area contributed by atoms with Crippen molar-refractivity contribution in [2.75, 3.05) is 26.9 Å². The topological polar surface area (TPSA) is 67.8 Å². The first-order chi connectivity index (χ1) is 12.2. The second-order valence-corrected chi connectivity index (χ2v) is 7.23. The Hall–Kier alpha value is -1.85. The number of nitrogens with one attached hydrogen (secondary N) is 1. The van der Waals surface area contributed by atoms with E-state index in [1.165, 1.54) is 25.5 Å². The van der Waals surface area contributed by atoms with Crippen LogP contribution in [0.3, 0.4) is 0 Å². The molecule has 3 atom stereocenters. The van der Waals surface area contributed by atoms with Gasteiger partial charge < -0.3 is 14.6 Å². The van der Waals surface area contributed by atoms with Crippen LogP contribution in [0.25, 0.3) is 5.76 Å². The third kappa shape index (κ3) is 2.96. The number of rotatable bonds is 8. The van der Waals surface area contributed by atoms with Gasteiger partial charge >= 0.3 is 5.97 Å². The van der Waals surface area contributed by atoms with Gasteiger partial charge in [0, 0.05) is 12.1 Å². The summed E-state index contributed by atoms with van der Waals surface area (Å²) in [5.74, 6) is 3.83. The van der Waals surface area contributed by atoms with Crippen LogP contribution in [0.2, 0.25) is 0 Å². The van der Waals surface area contributed by atoms with Gasteiger partial charge in [-0.1, -0.05) is 30.3 Å². The van der Waals surface area contributed by atoms with Crippen LogP contribution in [0.15, 0.2) is 35.9 Å². The summed E-state index contributed by atoms with van der Waals surface area (Å²) < 4.78 is 10.9. The molecule has 3 unspecified atom stereocenters. The molecule has 25 heavy (non-hydrogen) atoms. The molecule has 0 aliphatic heterocycles. The van der Waals surface area contributed by atoms with Crippen molar-refractivity contribution >= 4 is 11.7 Å². The van der Waals surface area contributed by atoms with Crippen LogP contribution in [-0.4, -0.2) is 44.0 Å².